The number of rotatable bonds is 13. The summed E-state index contributed by atoms with van der Waals surface area (Å²) in [6.07, 6.45) is -8.80. The molecule has 60 heavy (non-hydrogen) atoms. The van der Waals surface area contributed by atoms with Crippen molar-refractivity contribution in [3.8, 4) is 22.9 Å². The van der Waals surface area contributed by atoms with Crippen molar-refractivity contribution in [1.29, 1.82) is 0 Å². The molecule has 0 unspecified atom stereocenters. The average Bonchev–Trinajstić information content (AvgIpc) is 3.93. The van der Waals surface area contributed by atoms with Crippen molar-refractivity contribution in [2.45, 2.75) is 12.4 Å². The van der Waals surface area contributed by atoms with Crippen molar-refractivity contribution in [1.82, 2.24) is 25.7 Å². The zero-order valence-corrected chi connectivity index (χ0v) is 32.1. The van der Waals surface area contributed by atoms with Gasteiger partial charge in [0.1, 0.15) is 0 Å². The molecule has 4 aromatic carbocycles. The van der Waals surface area contributed by atoms with Crippen LogP contribution in [-0.4, -0.2) is 79.9 Å². The minimum atomic E-state index is -4.40. The highest BCUT2D eigenvalue weighted by Gasteiger charge is 2.31. The number of hydrogen-bond acceptors (Lipinski definition) is 14. The van der Waals surface area contributed by atoms with Gasteiger partial charge in [-0.15, -0.1) is 20.4 Å². The Kier molecular flexibility index (Phi) is 16.7. The molecule has 6 aromatic rings. The van der Waals surface area contributed by atoms with Crippen molar-refractivity contribution in [2.75, 3.05) is 58.3 Å². The van der Waals surface area contributed by atoms with Crippen molar-refractivity contribution >= 4 is 34.6 Å². The number of hydrogen-bond donors (Lipinski definition) is 4. The van der Waals surface area contributed by atoms with Gasteiger partial charge in [-0.25, -0.2) is 4.79 Å². The second kappa shape index (κ2) is 21.8. The lowest BCUT2D eigenvalue weighted by Gasteiger charge is -2.11. The molecule has 0 saturated heterocycles. The number of benzene rings is 4. The fourth-order valence-corrected chi connectivity index (χ4v) is 4.74. The summed E-state index contributed by atoms with van der Waals surface area (Å²) in [6, 6.07) is 22.9. The van der Waals surface area contributed by atoms with Crippen LogP contribution in [-0.2, 0) is 26.6 Å². The van der Waals surface area contributed by atoms with Gasteiger partial charge in [-0.3, -0.25) is 4.79 Å². The number of alkyl halides is 6. The summed E-state index contributed by atoms with van der Waals surface area (Å²) in [5.41, 5.74) is 6.45. The number of nitrogens with one attached hydrogen (secondary N) is 3. The van der Waals surface area contributed by atoms with E-state index in [1.807, 2.05) is 0 Å². The maximum Gasteiger partial charge on any atom is 0.416 e. The number of carbonyl (C=O) groups excluding carboxylic acids is 2. The first-order chi connectivity index (χ1) is 28.7. The number of aromatic nitrogens is 4. The normalized spacial score (nSPS) is 11.0. The first kappa shape index (κ1) is 45.9. The highest BCUT2D eigenvalue weighted by molar-refractivity contribution is 5.90. The average molecular weight is 845 g/mol. The van der Waals surface area contributed by atoms with Crippen LogP contribution < -0.4 is 21.7 Å². The lowest BCUT2D eigenvalue weighted by atomic mass is 10.1. The molecule has 0 spiro atoms. The molecule has 0 aliphatic rings. The molecular weight excluding hydrogens is 806 g/mol. The molecule has 318 valence electrons. The molecule has 0 radical (unpaired) electrons. The van der Waals surface area contributed by atoms with Gasteiger partial charge >= 0.3 is 36.0 Å². The van der Waals surface area contributed by atoms with Crippen molar-refractivity contribution < 1.29 is 59.0 Å². The van der Waals surface area contributed by atoms with Crippen LogP contribution in [0.15, 0.2) is 106 Å². The predicted octanol–water partition coefficient (Wildman–Crippen LogP) is 7.75. The van der Waals surface area contributed by atoms with E-state index in [9.17, 15) is 35.9 Å². The van der Waals surface area contributed by atoms with E-state index in [-0.39, 0.29) is 23.6 Å². The summed E-state index contributed by atoms with van der Waals surface area (Å²) in [7, 11) is 4.33. The van der Waals surface area contributed by atoms with Gasteiger partial charge in [-0.2, -0.15) is 26.3 Å². The number of para-hydroxylation sites is 2. The summed E-state index contributed by atoms with van der Waals surface area (Å²) in [4.78, 5) is 23.4. The molecule has 0 aliphatic heterocycles. The number of carbonyl (C=O) groups is 2. The Bertz CT molecular complexity index is 2260. The molecule has 0 fully saturated rings. The second-order valence-corrected chi connectivity index (χ2v) is 11.8. The van der Waals surface area contributed by atoms with Gasteiger partial charge < -0.3 is 44.7 Å². The number of amides is 1. The van der Waals surface area contributed by atoms with Crippen LogP contribution >= 0.6 is 0 Å². The van der Waals surface area contributed by atoms with Gasteiger partial charge in [0.05, 0.1) is 54.0 Å². The van der Waals surface area contributed by atoms with Crippen LogP contribution in [0.2, 0.25) is 0 Å². The Labute approximate surface area is 338 Å². The van der Waals surface area contributed by atoms with Crippen LogP contribution in [0.5, 0.6) is 0 Å². The summed E-state index contributed by atoms with van der Waals surface area (Å²) in [5.74, 6) is -1.64. The topological polar surface area (TPSA) is 202 Å². The highest BCUT2D eigenvalue weighted by Crippen LogP contribution is 2.34. The van der Waals surface area contributed by atoms with Gasteiger partial charge in [0.15, 0.2) is 0 Å². The SMILES string of the molecule is COC(=O)c1nnc(-c2ccccc2Nc2ccc(C(F)(F)F)cc2)o1.COCCN.COCCNC(=O)c1nnc(-c2ccccc2Nc2ccc(C(F)(F)F)cc2)o1. The number of nitrogens with zero attached hydrogens (tertiary/aromatic N) is 4. The Morgan fingerprint density at radius 2 is 1.05 bits per heavy atom. The van der Waals surface area contributed by atoms with Crippen LogP contribution in [0.3, 0.4) is 0 Å². The van der Waals surface area contributed by atoms with E-state index in [4.69, 9.17) is 19.3 Å². The third-order valence-corrected chi connectivity index (χ3v) is 7.62. The number of methoxy groups -OCH3 is 3. The molecule has 15 nitrogen and oxygen atoms in total. The largest absolute Gasteiger partial charge is 0.462 e. The summed E-state index contributed by atoms with van der Waals surface area (Å²) < 4.78 is 101. The van der Waals surface area contributed by atoms with Crippen LogP contribution in [0.4, 0.5) is 49.1 Å². The maximum atomic E-state index is 12.7. The number of halogens is 6. The first-order valence-corrected chi connectivity index (χ1v) is 17.5. The number of esters is 1. The van der Waals surface area contributed by atoms with E-state index < -0.39 is 35.4 Å². The highest BCUT2D eigenvalue weighted by atomic mass is 19.4. The standard InChI is InChI=1S/C19H17F3N4O3.C17H12F3N3O3.C3H9NO/c1-28-11-10-23-16(27)18-26-25-17(29-18)14-4-2-3-5-15(14)24-13-8-6-12(7-9-13)19(20,21)22;1-25-16(24)15-23-22-14(26-15)12-4-2-3-5-13(12)21-11-8-6-10(7-9-11)17(18,19)20;1-5-3-2-4/h2-9,24H,10-11H2,1H3,(H,23,27);2-9,21H,1H3;2-4H2,1H3. The van der Waals surface area contributed by atoms with Gasteiger partial charge in [-0.05, 0) is 72.8 Å². The Morgan fingerprint density at radius 1 is 0.617 bits per heavy atom. The second-order valence-electron chi connectivity index (χ2n) is 11.8. The van der Waals surface area contributed by atoms with E-state index in [0.29, 0.717) is 60.2 Å². The molecule has 5 N–H and O–H groups in total. The van der Waals surface area contributed by atoms with Crippen LogP contribution in [0.25, 0.3) is 22.9 Å². The Morgan fingerprint density at radius 3 is 1.45 bits per heavy atom. The fourth-order valence-electron chi connectivity index (χ4n) is 4.74. The molecule has 0 aliphatic carbocycles. The zero-order chi connectivity index (χ0) is 43.7. The lowest BCUT2D eigenvalue weighted by molar-refractivity contribution is -0.138. The van der Waals surface area contributed by atoms with Crippen molar-refractivity contribution in [2.24, 2.45) is 5.73 Å². The molecule has 1 amide bonds. The zero-order valence-electron chi connectivity index (χ0n) is 32.1. The van der Waals surface area contributed by atoms with E-state index >= 15 is 0 Å². The smallest absolute Gasteiger partial charge is 0.416 e. The van der Waals surface area contributed by atoms with E-state index in [2.05, 4.69) is 45.8 Å². The van der Waals surface area contributed by atoms with Gasteiger partial charge in [-0.1, -0.05) is 24.3 Å². The third kappa shape index (κ3) is 13.4. The van der Waals surface area contributed by atoms with Crippen molar-refractivity contribution in [3.63, 3.8) is 0 Å². The molecule has 2 aromatic heterocycles. The van der Waals surface area contributed by atoms with Crippen molar-refractivity contribution in [3.05, 3.63) is 120 Å². The fraction of sp³-hybridized carbons (Fsp3) is 0.231. The lowest BCUT2D eigenvalue weighted by Crippen LogP contribution is -2.27. The van der Waals surface area contributed by atoms with Gasteiger partial charge in [0.25, 0.3) is 5.89 Å². The van der Waals surface area contributed by atoms with E-state index in [1.165, 1.54) is 38.5 Å². The number of ether oxygens (including phenoxy) is 3. The number of anilines is 4. The number of nitrogens with two attached hydrogens (primary N) is 1. The molecular formula is C39H38F6N8O7. The Hall–Kier alpha value is -6.84. The van der Waals surface area contributed by atoms with Gasteiger partial charge in [0.2, 0.25) is 5.89 Å². The van der Waals surface area contributed by atoms with Crippen LogP contribution in [0.1, 0.15) is 32.5 Å². The quantitative estimate of drug-likeness (QED) is 0.0499. The third-order valence-electron chi connectivity index (χ3n) is 7.62. The van der Waals surface area contributed by atoms with Gasteiger partial charge in [0, 0.05) is 38.7 Å². The molecule has 21 heteroatoms. The molecule has 0 atom stereocenters. The minimum absolute atomic E-state index is 0.0698. The van der Waals surface area contributed by atoms with E-state index in [0.717, 1.165) is 24.3 Å². The molecule has 0 saturated carbocycles. The molecule has 2 heterocycles. The maximum absolute atomic E-state index is 12.7. The molecule has 0 bridgehead atoms. The Balaban J connectivity index is 0.000000239. The summed E-state index contributed by atoms with van der Waals surface area (Å²) in [6.45, 7) is 1.92. The monoisotopic (exact) mass is 844 g/mol. The summed E-state index contributed by atoms with van der Waals surface area (Å²) in [5, 5.41) is 23.6. The summed E-state index contributed by atoms with van der Waals surface area (Å²) >= 11 is 0. The first-order valence-electron chi connectivity index (χ1n) is 17.5. The molecule has 6 rings (SSSR count). The van der Waals surface area contributed by atoms with E-state index in [1.54, 1.807) is 55.6 Å². The predicted molar refractivity (Wildman–Crippen MR) is 205 cm³/mol. The van der Waals surface area contributed by atoms with Crippen LogP contribution in [0, 0.1) is 0 Å². The minimum Gasteiger partial charge on any atom is -0.462 e.